The van der Waals surface area contributed by atoms with E-state index in [4.69, 9.17) is 15.9 Å². The SMILES string of the molecule is C#Cc1cc(/C=C2\Oc3c(cc(Br)c(OC)c3Br)C2=O)ccc1O. The van der Waals surface area contributed by atoms with E-state index in [9.17, 15) is 9.90 Å². The van der Waals surface area contributed by atoms with Gasteiger partial charge in [0.1, 0.15) is 10.2 Å². The topological polar surface area (TPSA) is 55.8 Å². The summed E-state index contributed by atoms with van der Waals surface area (Å²) in [5.41, 5.74) is 1.42. The molecule has 6 heteroatoms. The van der Waals surface area contributed by atoms with E-state index in [0.717, 1.165) is 0 Å². The van der Waals surface area contributed by atoms with Gasteiger partial charge < -0.3 is 14.6 Å². The van der Waals surface area contributed by atoms with Crippen LogP contribution in [0, 0.1) is 12.3 Å². The van der Waals surface area contributed by atoms with Gasteiger partial charge in [-0.1, -0.05) is 12.0 Å². The molecule has 0 unspecified atom stereocenters. The fourth-order valence-corrected chi connectivity index (χ4v) is 3.86. The molecule has 3 rings (SSSR count). The molecule has 0 bridgehead atoms. The second-order valence-corrected chi connectivity index (χ2v) is 6.59. The van der Waals surface area contributed by atoms with E-state index in [1.807, 2.05) is 0 Å². The standard InChI is InChI=1S/C18H10Br2O4/c1-3-10-6-9(4-5-13(10)21)7-14-16(22)11-8-12(19)18(23-2)15(20)17(11)24-14/h1,4-8,21H,2H3/b14-7-. The van der Waals surface area contributed by atoms with Crippen molar-refractivity contribution in [1.29, 1.82) is 0 Å². The van der Waals surface area contributed by atoms with Crippen molar-refractivity contribution >= 4 is 43.7 Å². The number of terminal acetylenes is 1. The molecule has 0 saturated carbocycles. The Morgan fingerprint density at radius 1 is 1.33 bits per heavy atom. The highest BCUT2D eigenvalue weighted by molar-refractivity contribution is 9.11. The molecule has 0 saturated heterocycles. The lowest BCUT2D eigenvalue weighted by atomic mass is 10.1. The first-order valence-electron chi connectivity index (χ1n) is 6.76. The number of rotatable bonds is 2. The van der Waals surface area contributed by atoms with Crippen LogP contribution in [-0.2, 0) is 0 Å². The molecule has 1 N–H and O–H groups in total. The van der Waals surface area contributed by atoms with Crippen LogP contribution in [0.1, 0.15) is 21.5 Å². The van der Waals surface area contributed by atoms with Crippen molar-refractivity contribution in [3.05, 3.63) is 55.7 Å². The molecule has 0 spiro atoms. The van der Waals surface area contributed by atoms with Gasteiger partial charge in [0, 0.05) is 0 Å². The number of ether oxygens (including phenoxy) is 2. The predicted octanol–water partition coefficient (Wildman–Crippen LogP) is 4.52. The van der Waals surface area contributed by atoms with Crippen molar-refractivity contribution in [3.63, 3.8) is 0 Å². The van der Waals surface area contributed by atoms with Crippen LogP contribution in [0.15, 0.2) is 39.0 Å². The molecule has 0 radical (unpaired) electrons. The molecular formula is C18H10Br2O4. The van der Waals surface area contributed by atoms with Gasteiger partial charge in [0.05, 0.1) is 22.7 Å². The van der Waals surface area contributed by atoms with Crippen molar-refractivity contribution in [2.45, 2.75) is 0 Å². The maximum absolute atomic E-state index is 12.6. The Labute approximate surface area is 155 Å². The molecule has 0 fully saturated rings. The van der Waals surface area contributed by atoms with Gasteiger partial charge in [0.2, 0.25) is 5.78 Å². The monoisotopic (exact) mass is 448 g/mol. The zero-order valence-electron chi connectivity index (χ0n) is 12.4. The molecule has 2 aromatic carbocycles. The number of phenolic OH excluding ortho intramolecular Hbond substituents is 1. The first-order chi connectivity index (χ1) is 11.5. The summed E-state index contributed by atoms with van der Waals surface area (Å²) in [6.45, 7) is 0. The third-order valence-corrected chi connectivity index (χ3v) is 4.80. The predicted molar refractivity (Wildman–Crippen MR) is 97.4 cm³/mol. The van der Waals surface area contributed by atoms with E-state index in [0.29, 0.717) is 37.1 Å². The summed E-state index contributed by atoms with van der Waals surface area (Å²) in [6, 6.07) is 6.39. The minimum absolute atomic E-state index is 0.0121. The average molecular weight is 450 g/mol. The number of carbonyl (C=O) groups is 1. The van der Waals surface area contributed by atoms with E-state index in [1.54, 1.807) is 24.3 Å². The van der Waals surface area contributed by atoms with E-state index in [2.05, 4.69) is 37.8 Å². The maximum atomic E-state index is 12.6. The number of hydrogen-bond acceptors (Lipinski definition) is 4. The van der Waals surface area contributed by atoms with Gasteiger partial charge in [-0.15, -0.1) is 6.42 Å². The van der Waals surface area contributed by atoms with E-state index in [-0.39, 0.29) is 17.3 Å². The van der Waals surface area contributed by atoms with Gasteiger partial charge in [-0.3, -0.25) is 4.79 Å². The quantitative estimate of drug-likeness (QED) is 0.540. The number of phenols is 1. The van der Waals surface area contributed by atoms with Crippen molar-refractivity contribution < 1.29 is 19.4 Å². The molecule has 1 aliphatic heterocycles. The number of methoxy groups -OCH3 is 1. The Morgan fingerprint density at radius 2 is 2.08 bits per heavy atom. The Hall–Kier alpha value is -2.23. The second kappa shape index (κ2) is 6.34. The van der Waals surface area contributed by atoms with E-state index in [1.165, 1.54) is 13.2 Å². The number of allylic oxidation sites excluding steroid dienone is 1. The van der Waals surface area contributed by atoms with Crippen LogP contribution in [0.5, 0.6) is 17.2 Å². The highest BCUT2D eigenvalue weighted by Gasteiger charge is 2.32. The normalized spacial score (nSPS) is 14.2. The summed E-state index contributed by atoms with van der Waals surface area (Å²) in [7, 11) is 1.53. The van der Waals surface area contributed by atoms with Gasteiger partial charge in [-0.05, 0) is 61.7 Å². The Kier molecular flexibility index (Phi) is 4.39. The fourth-order valence-electron chi connectivity index (χ4n) is 2.33. The molecule has 4 nitrogen and oxygen atoms in total. The van der Waals surface area contributed by atoms with E-state index >= 15 is 0 Å². The molecule has 0 aromatic heterocycles. The zero-order chi connectivity index (χ0) is 17.4. The van der Waals surface area contributed by atoms with Gasteiger partial charge in [-0.25, -0.2) is 0 Å². The lowest BCUT2D eigenvalue weighted by Gasteiger charge is -2.08. The van der Waals surface area contributed by atoms with Crippen LogP contribution < -0.4 is 9.47 Å². The molecule has 120 valence electrons. The summed E-state index contributed by atoms with van der Waals surface area (Å²) >= 11 is 6.77. The first kappa shape index (κ1) is 16.6. The van der Waals surface area contributed by atoms with Crippen LogP contribution >= 0.6 is 31.9 Å². The molecule has 0 amide bonds. The maximum Gasteiger partial charge on any atom is 0.232 e. The summed E-state index contributed by atoms with van der Waals surface area (Å²) in [5.74, 6) is 3.27. The van der Waals surface area contributed by atoms with Gasteiger partial charge >= 0.3 is 0 Å². The lowest BCUT2D eigenvalue weighted by Crippen LogP contribution is -1.98. The minimum Gasteiger partial charge on any atom is -0.507 e. The number of aromatic hydroxyl groups is 1. The molecule has 1 aliphatic rings. The van der Waals surface area contributed by atoms with Crippen LogP contribution in [0.2, 0.25) is 0 Å². The summed E-state index contributed by atoms with van der Waals surface area (Å²) in [4.78, 5) is 12.6. The third-order valence-electron chi connectivity index (χ3n) is 3.49. The van der Waals surface area contributed by atoms with Crippen molar-refractivity contribution in [1.82, 2.24) is 0 Å². The van der Waals surface area contributed by atoms with Gasteiger partial charge in [0.25, 0.3) is 0 Å². The Morgan fingerprint density at radius 3 is 2.75 bits per heavy atom. The van der Waals surface area contributed by atoms with Crippen LogP contribution in [-0.4, -0.2) is 18.0 Å². The average Bonchev–Trinajstić information content (AvgIpc) is 2.86. The number of hydrogen-bond donors (Lipinski definition) is 1. The summed E-state index contributed by atoms with van der Waals surface area (Å²) < 4.78 is 12.2. The van der Waals surface area contributed by atoms with E-state index < -0.39 is 0 Å². The van der Waals surface area contributed by atoms with Crippen molar-refractivity contribution in [2.75, 3.05) is 7.11 Å². The fraction of sp³-hybridized carbons (Fsp3) is 0.0556. The van der Waals surface area contributed by atoms with Crippen molar-refractivity contribution in [2.24, 2.45) is 0 Å². The van der Waals surface area contributed by atoms with Crippen LogP contribution in [0.25, 0.3) is 6.08 Å². The molecule has 0 aliphatic carbocycles. The number of Topliss-reactive ketones (excluding diaryl/α,β-unsaturated/α-hetero) is 1. The van der Waals surface area contributed by atoms with Gasteiger partial charge in [-0.2, -0.15) is 0 Å². The summed E-state index contributed by atoms with van der Waals surface area (Å²) in [6.07, 6.45) is 6.92. The number of halogens is 2. The third kappa shape index (κ3) is 2.70. The largest absolute Gasteiger partial charge is 0.507 e. The second-order valence-electron chi connectivity index (χ2n) is 4.94. The Bertz CT molecular complexity index is 939. The number of fused-ring (bicyclic) bond motifs is 1. The van der Waals surface area contributed by atoms with Crippen molar-refractivity contribution in [3.8, 4) is 29.6 Å². The number of carbonyl (C=O) groups excluding carboxylic acids is 1. The zero-order valence-corrected chi connectivity index (χ0v) is 15.6. The summed E-state index contributed by atoms with van der Waals surface area (Å²) in [5, 5.41) is 9.63. The number of benzene rings is 2. The van der Waals surface area contributed by atoms with Gasteiger partial charge in [0.15, 0.2) is 17.3 Å². The van der Waals surface area contributed by atoms with Crippen LogP contribution in [0.4, 0.5) is 0 Å². The Balaban J connectivity index is 2.06. The van der Waals surface area contributed by atoms with Crippen LogP contribution in [0.3, 0.4) is 0 Å². The highest BCUT2D eigenvalue weighted by atomic mass is 79.9. The highest BCUT2D eigenvalue weighted by Crippen LogP contribution is 2.47. The molecule has 24 heavy (non-hydrogen) atoms. The number of ketones is 1. The smallest absolute Gasteiger partial charge is 0.232 e. The molecule has 0 atom stereocenters. The molecule has 2 aromatic rings. The lowest BCUT2D eigenvalue weighted by molar-refractivity contribution is 0.101. The molecular weight excluding hydrogens is 440 g/mol. The first-order valence-corrected chi connectivity index (χ1v) is 8.34. The minimum atomic E-state index is -0.246. The molecule has 1 heterocycles.